The van der Waals surface area contributed by atoms with Gasteiger partial charge in [0, 0.05) is 19.0 Å². The van der Waals surface area contributed by atoms with Crippen LogP contribution in [0.25, 0.3) is 0 Å². The lowest BCUT2D eigenvalue weighted by Gasteiger charge is -2.30. The molecule has 0 radical (unpaired) electrons. The fraction of sp³-hybridized carbons (Fsp3) is 0.750. The summed E-state index contributed by atoms with van der Waals surface area (Å²) in [6.45, 7) is 7.04. The smallest absolute Gasteiger partial charge is 0.246 e. The molecule has 1 aliphatic heterocycles. The van der Waals surface area contributed by atoms with Crippen LogP contribution in [0.5, 0.6) is 0 Å². The number of aromatic nitrogens is 2. The number of morpholine rings is 1. The molecule has 6 nitrogen and oxygen atoms in total. The molecule has 0 aliphatic carbocycles. The van der Waals surface area contributed by atoms with E-state index >= 15 is 0 Å². The molecule has 1 aliphatic rings. The molecule has 0 spiro atoms. The summed E-state index contributed by atoms with van der Waals surface area (Å²) in [6.07, 6.45) is -0.0861. The molecule has 1 unspecified atom stereocenters. The Hall–Kier alpha value is -0.630. The molecule has 8 heteroatoms. The minimum absolute atomic E-state index is 0.0861. The van der Waals surface area contributed by atoms with Crippen molar-refractivity contribution in [3.05, 3.63) is 11.4 Å². The van der Waals surface area contributed by atoms with Crippen LogP contribution in [0.4, 0.5) is 0 Å². The minimum Gasteiger partial charge on any atom is -0.376 e. The number of nitrogens with zero attached hydrogens (tertiary/aromatic N) is 3. The Kier molecular flexibility index (Phi) is 4.73. The highest BCUT2D eigenvalue weighted by molar-refractivity contribution is 7.89. The molecule has 1 aromatic rings. The second kappa shape index (κ2) is 6.01. The first-order valence-electron chi connectivity index (χ1n) is 6.59. The summed E-state index contributed by atoms with van der Waals surface area (Å²) in [5.41, 5.74) is 1.16. The average molecular weight is 322 g/mol. The molecule has 0 aromatic carbocycles. The van der Waals surface area contributed by atoms with Crippen LogP contribution >= 0.6 is 11.6 Å². The molecule has 0 amide bonds. The lowest BCUT2D eigenvalue weighted by Crippen LogP contribution is -2.44. The van der Waals surface area contributed by atoms with Gasteiger partial charge in [0.05, 0.1) is 30.6 Å². The molecule has 1 atom stereocenters. The highest BCUT2D eigenvalue weighted by Crippen LogP contribution is 2.25. The van der Waals surface area contributed by atoms with E-state index in [0.29, 0.717) is 48.4 Å². The first-order chi connectivity index (χ1) is 9.37. The van der Waals surface area contributed by atoms with Gasteiger partial charge in [0.25, 0.3) is 0 Å². The molecule has 0 saturated carbocycles. The van der Waals surface area contributed by atoms with Gasteiger partial charge in [-0.2, -0.15) is 9.40 Å². The van der Waals surface area contributed by atoms with E-state index < -0.39 is 10.0 Å². The lowest BCUT2D eigenvalue weighted by molar-refractivity contribution is 0.0101. The Balaban J connectivity index is 2.39. The lowest BCUT2D eigenvalue weighted by atomic mass is 10.3. The molecular formula is C12H20ClN3O3S. The second-order valence-electron chi connectivity index (χ2n) is 4.96. The van der Waals surface area contributed by atoms with Crippen LogP contribution in [-0.2, 0) is 21.3 Å². The number of halogens is 1. The normalized spacial score (nSPS) is 21.3. The van der Waals surface area contributed by atoms with Gasteiger partial charge in [0.2, 0.25) is 10.0 Å². The van der Waals surface area contributed by atoms with Crippen molar-refractivity contribution in [2.24, 2.45) is 0 Å². The largest absolute Gasteiger partial charge is 0.376 e. The highest BCUT2D eigenvalue weighted by atomic mass is 35.5. The molecule has 1 fully saturated rings. The topological polar surface area (TPSA) is 64.4 Å². The Morgan fingerprint density at radius 1 is 1.45 bits per heavy atom. The molecule has 0 bridgehead atoms. The predicted octanol–water partition coefficient (Wildman–Crippen LogP) is 1.15. The highest BCUT2D eigenvalue weighted by Gasteiger charge is 2.33. The standard InChI is InChI=1S/C12H20ClN3O3S/c1-9-8-15(6-7-19-9)20(17,18)12-10(2)14-16(5-4-13)11(12)3/h9H,4-8H2,1-3H3. The number of rotatable bonds is 4. The van der Waals surface area contributed by atoms with Crippen molar-refractivity contribution >= 4 is 21.6 Å². The van der Waals surface area contributed by atoms with Crippen LogP contribution in [0.3, 0.4) is 0 Å². The van der Waals surface area contributed by atoms with Crippen molar-refractivity contribution in [1.82, 2.24) is 14.1 Å². The minimum atomic E-state index is -3.53. The van der Waals surface area contributed by atoms with E-state index in [1.807, 2.05) is 6.92 Å². The predicted molar refractivity (Wildman–Crippen MR) is 76.6 cm³/mol. The van der Waals surface area contributed by atoms with Gasteiger partial charge in [-0.1, -0.05) is 0 Å². The summed E-state index contributed by atoms with van der Waals surface area (Å²) in [4.78, 5) is 0.303. The van der Waals surface area contributed by atoms with Gasteiger partial charge in [0.15, 0.2) is 0 Å². The quantitative estimate of drug-likeness (QED) is 0.780. The van der Waals surface area contributed by atoms with E-state index in [1.165, 1.54) is 4.31 Å². The van der Waals surface area contributed by atoms with Gasteiger partial charge >= 0.3 is 0 Å². The number of alkyl halides is 1. The van der Waals surface area contributed by atoms with Gasteiger partial charge in [-0.3, -0.25) is 4.68 Å². The number of hydrogen-bond acceptors (Lipinski definition) is 4. The summed E-state index contributed by atoms with van der Waals surface area (Å²) in [7, 11) is -3.53. The van der Waals surface area contributed by atoms with Gasteiger partial charge < -0.3 is 4.74 Å². The van der Waals surface area contributed by atoms with E-state index in [2.05, 4.69) is 5.10 Å². The molecule has 20 heavy (non-hydrogen) atoms. The fourth-order valence-electron chi connectivity index (χ4n) is 2.49. The Labute approximate surface area is 124 Å². The van der Waals surface area contributed by atoms with Crippen LogP contribution in [0.1, 0.15) is 18.3 Å². The van der Waals surface area contributed by atoms with E-state index in [1.54, 1.807) is 18.5 Å². The summed E-state index contributed by atoms with van der Waals surface area (Å²) >= 11 is 5.71. The third-order valence-electron chi connectivity index (χ3n) is 3.41. The van der Waals surface area contributed by atoms with Crippen molar-refractivity contribution < 1.29 is 13.2 Å². The van der Waals surface area contributed by atoms with Crippen LogP contribution in [0.2, 0.25) is 0 Å². The molecular weight excluding hydrogens is 302 g/mol. The summed E-state index contributed by atoms with van der Waals surface area (Å²) in [5, 5.41) is 4.28. The van der Waals surface area contributed by atoms with Crippen molar-refractivity contribution in [2.45, 2.75) is 38.3 Å². The van der Waals surface area contributed by atoms with Gasteiger partial charge in [-0.25, -0.2) is 8.42 Å². The number of aryl methyl sites for hydroxylation is 2. The second-order valence-corrected chi connectivity index (χ2v) is 7.21. The molecule has 2 rings (SSSR count). The van der Waals surface area contributed by atoms with E-state index in [0.717, 1.165) is 0 Å². The third kappa shape index (κ3) is 2.86. The molecule has 114 valence electrons. The monoisotopic (exact) mass is 321 g/mol. The van der Waals surface area contributed by atoms with Crippen molar-refractivity contribution in [3.63, 3.8) is 0 Å². The first kappa shape index (κ1) is 15.8. The Morgan fingerprint density at radius 3 is 2.75 bits per heavy atom. The van der Waals surface area contributed by atoms with Gasteiger partial charge in [-0.15, -0.1) is 11.6 Å². The Morgan fingerprint density at radius 2 is 2.15 bits per heavy atom. The number of sulfonamides is 1. The van der Waals surface area contributed by atoms with Gasteiger partial charge in [0.1, 0.15) is 4.90 Å². The zero-order chi connectivity index (χ0) is 14.9. The van der Waals surface area contributed by atoms with Gasteiger partial charge in [-0.05, 0) is 20.8 Å². The molecule has 2 heterocycles. The van der Waals surface area contributed by atoms with E-state index in [-0.39, 0.29) is 6.10 Å². The fourth-order valence-corrected chi connectivity index (χ4v) is 4.52. The average Bonchev–Trinajstić information content (AvgIpc) is 2.65. The third-order valence-corrected chi connectivity index (χ3v) is 5.70. The van der Waals surface area contributed by atoms with Crippen molar-refractivity contribution in [3.8, 4) is 0 Å². The summed E-state index contributed by atoms with van der Waals surface area (Å²) in [5.74, 6) is 0.399. The Bertz CT molecular complexity index is 585. The van der Waals surface area contributed by atoms with Crippen LogP contribution in [0, 0.1) is 13.8 Å². The van der Waals surface area contributed by atoms with E-state index in [9.17, 15) is 8.42 Å². The maximum atomic E-state index is 12.8. The first-order valence-corrected chi connectivity index (χ1v) is 8.57. The SMILES string of the molecule is Cc1nn(CCCl)c(C)c1S(=O)(=O)N1CCOC(C)C1. The molecule has 0 N–H and O–H groups in total. The van der Waals surface area contributed by atoms with Crippen molar-refractivity contribution in [2.75, 3.05) is 25.6 Å². The van der Waals surface area contributed by atoms with Crippen LogP contribution in [-0.4, -0.2) is 54.2 Å². The maximum Gasteiger partial charge on any atom is 0.246 e. The number of ether oxygens (including phenoxy) is 1. The van der Waals surface area contributed by atoms with E-state index in [4.69, 9.17) is 16.3 Å². The summed E-state index contributed by atoms with van der Waals surface area (Å²) in [6, 6.07) is 0. The number of hydrogen-bond donors (Lipinski definition) is 0. The van der Waals surface area contributed by atoms with Crippen molar-refractivity contribution in [1.29, 1.82) is 0 Å². The molecule has 1 aromatic heterocycles. The van der Waals surface area contributed by atoms with Crippen LogP contribution < -0.4 is 0 Å². The maximum absolute atomic E-state index is 12.8. The molecule has 1 saturated heterocycles. The zero-order valence-electron chi connectivity index (χ0n) is 12.0. The summed E-state index contributed by atoms with van der Waals surface area (Å²) < 4.78 is 34.1. The zero-order valence-corrected chi connectivity index (χ0v) is 13.5. The van der Waals surface area contributed by atoms with Crippen LogP contribution in [0.15, 0.2) is 4.90 Å².